The fourth-order valence-electron chi connectivity index (χ4n) is 2.55. The van der Waals surface area contributed by atoms with Gasteiger partial charge in [-0.25, -0.2) is 9.59 Å². The molecule has 1 fully saturated rings. The molecule has 0 radical (unpaired) electrons. The van der Waals surface area contributed by atoms with E-state index in [9.17, 15) is 9.59 Å². The molecule has 0 aromatic heterocycles. The molecule has 1 atom stereocenters. The van der Waals surface area contributed by atoms with Gasteiger partial charge in [0.15, 0.2) is 0 Å². The van der Waals surface area contributed by atoms with Crippen molar-refractivity contribution in [3.8, 4) is 0 Å². The van der Waals surface area contributed by atoms with Gasteiger partial charge in [0.2, 0.25) is 0 Å². The van der Waals surface area contributed by atoms with E-state index in [1.54, 1.807) is 41.3 Å². The van der Waals surface area contributed by atoms with Crippen LogP contribution in [0.1, 0.15) is 18.5 Å². The summed E-state index contributed by atoms with van der Waals surface area (Å²) in [5.74, 6) is 0. The number of benzene rings is 2. The number of anilines is 2. The molecule has 1 aliphatic heterocycles. The maximum Gasteiger partial charge on any atom is 0.414 e. The minimum Gasteiger partial charge on any atom is -0.447 e. The number of nitrogens with one attached hydrogen (secondary N) is 2. The molecular weight excluding hydrogens is 342 g/mol. The molecule has 0 bridgehead atoms. The van der Waals surface area contributed by atoms with Crippen LogP contribution in [0.2, 0.25) is 5.02 Å². The smallest absolute Gasteiger partial charge is 0.414 e. The van der Waals surface area contributed by atoms with Gasteiger partial charge in [0.25, 0.3) is 0 Å². The van der Waals surface area contributed by atoms with E-state index in [0.717, 1.165) is 11.3 Å². The fourth-order valence-corrected chi connectivity index (χ4v) is 2.68. The molecule has 0 spiro atoms. The van der Waals surface area contributed by atoms with Crippen molar-refractivity contribution in [1.82, 2.24) is 5.32 Å². The van der Waals surface area contributed by atoms with Crippen molar-refractivity contribution < 1.29 is 14.3 Å². The Labute approximate surface area is 150 Å². The molecule has 7 heteroatoms. The average Bonchev–Trinajstić information content (AvgIpc) is 3.02. The van der Waals surface area contributed by atoms with Crippen LogP contribution in [0.25, 0.3) is 0 Å². The number of carbonyl (C=O) groups is 2. The van der Waals surface area contributed by atoms with Gasteiger partial charge in [0.1, 0.15) is 6.61 Å². The van der Waals surface area contributed by atoms with Crippen LogP contribution >= 0.6 is 11.6 Å². The van der Waals surface area contributed by atoms with E-state index in [0.29, 0.717) is 23.9 Å². The van der Waals surface area contributed by atoms with Crippen molar-refractivity contribution in [2.45, 2.75) is 13.0 Å². The van der Waals surface area contributed by atoms with Gasteiger partial charge in [0, 0.05) is 16.4 Å². The molecule has 1 unspecified atom stereocenters. The molecule has 25 heavy (non-hydrogen) atoms. The Kier molecular flexibility index (Phi) is 5.09. The summed E-state index contributed by atoms with van der Waals surface area (Å²) in [5, 5.41) is 6.29. The summed E-state index contributed by atoms with van der Waals surface area (Å²) in [6.07, 6.45) is -0.352. The largest absolute Gasteiger partial charge is 0.447 e. The molecular formula is C18H18ClN3O3. The second-order valence-corrected chi connectivity index (χ2v) is 6.12. The number of urea groups is 1. The van der Waals surface area contributed by atoms with Crippen LogP contribution in [0.15, 0.2) is 48.5 Å². The molecule has 2 N–H and O–H groups in total. The highest BCUT2D eigenvalue weighted by Gasteiger charge is 2.23. The van der Waals surface area contributed by atoms with Crippen LogP contribution in [0.5, 0.6) is 0 Å². The lowest BCUT2D eigenvalue weighted by molar-refractivity contribution is 0.181. The highest BCUT2D eigenvalue weighted by Crippen LogP contribution is 2.21. The van der Waals surface area contributed by atoms with Crippen molar-refractivity contribution >= 4 is 35.1 Å². The number of halogens is 1. The Hall–Kier alpha value is -2.73. The van der Waals surface area contributed by atoms with E-state index >= 15 is 0 Å². The Bertz CT molecular complexity index is 762. The van der Waals surface area contributed by atoms with Crippen LogP contribution < -0.4 is 15.5 Å². The molecule has 3 amide bonds. The first-order valence-corrected chi connectivity index (χ1v) is 8.28. The predicted molar refractivity (Wildman–Crippen MR) is 97.2 cm³/mol. The first-order chi connectivity index (χ1) is 12.0. The van der Waals surface area contributed by atoms with Gasteiger partial charge in [-0.15, -0.1) is 0 Å². The monoisotopic (exact) mass is 359 g/mol. The summed E-state index contributed by atoms with van der Waals surface area (Å²) in [6, 6.07) is 13.9. The average molecular weight is 360 g/mol. The second kappa shape index (κ2) is 7.44. The van der Waals surface area contributed by atoms with Gasteiger partial charge in [-0.2, -0.15) is 0 Å². The molecule has 0 saturated carbocycles. The molecule has 1 saturated heterocycles. The minimum atomic E-state index is -0.352. The van der Waals surface area contributed by atoms with Crippen molar-refractivity contribution in [3.63, 3.8) is 0 Å². The van der Waals surface area contributed by atoms with Crippen molar-refractivity contribution in [3.05, 3.63) is 59.1 Å². The summed E-state index contributed by atoms with van der Waals surface area (Å²) in [5.41, 5.74) is 2.34. The number of hydrogen-bond donors (Lipinski definition) is 2. The highest BCUT2D eigenvalue weighted by molar-refractivity contribution is 6.30. The van der Waals surface area contributed by atoms with Gasteiger partial charge in [-0.1, -0.05) is 23.7 Å². The molecule has 0 aliphatic carbocycles. The van der Waals surface area contributed by atoms with Crippen molar-refractivity contribution in [1.29, 1.82) is 0 Å². The standard InChI is InChI=1S/C18H18ClN3O3/c1-12(13-2-4-14(19)5-3-13)20-17(23)21-15-6-8-16(9-7-15)22-10-11-25-18(22)24/h2-9,12H,10-11H2,1H3,(H2,20,21,23). The molecule has 2 aromatic carbocycles. The second-order valence-electron chi connectivity index (χ2n) is 5.68. The third kappa shape index (κ3) is 4.22. The third-order valence-corrected chi connectivity index (χ3v) is 4.17. The van der Waals surface area contributed by atoms with Crippen molar-refractivity contribution in [2.75, 3.05) is 23.4 Å². The number of rotatable bonds is 4. The van der Waals surface area contributed by atoms with E-state index in [-0.39, 0.29) is 18.2 Å². The Morgan fingerprint density at radius 1 is 1.16 bits per heavy atom. The van der Waals surface area contributed by atoms with Crippen LogP contribution in [-0.4, -0.2) is 25.3 Å². The zero-order chi connectivity index (χ0) is 17.8. The van der Waals surface area contributed by atoms with E-state index in [4.69, 9.17) is 16.3 Å². The van der Waals surface area contributed by atoms with Gasteiger partial charge in [0.05, 0.1) is 12.6 Å². The van der Waals surface area contributed by atoms with Crippen LogP contribution in [0.4, 0.5) is 21.0 Å². The van der Waals surface area contributed by atoms with E-state index in [1.807, 2.05) is 19.1 Å². The zero-order valence-corrected chi connectivity index (χ0v) is 14.4. The lowest BCUT2D eigenvalue weighted by Crippen LogP contribution is -2.31. The number of hydrogen-bond acceptors (Lipinski definition) is 3. The number of carbonyl (C=O) groups excluding carboxylic acids is 2. The first kappa shape index (κ1) is 17.1. The first-order valence-electron chi connectivity index (χ1n) is 7.90. The summed E-state index contributed by atoms with van der Waals surface area (Å²) >= 11 is 5.87. The third-order valence-electron chi connectivity index (χ3n) is 3.92. The Morgan fingerprint density at radius 3 is 2.44 bits per heavy atom. The molecule has 1 heterocycles. The summed E-state index contributed by atoms with van der Waals surface area (Å²) in [7, 11) is 0. The lowest BCUT2D eigenvalue weighted by Gasteiger charge is -2.16. The minimum absolute atomic E-state index is 0.157. The number of cyclic esters (lactones) is 1. The fraction of sp³-hybridized carbons (Fsp3) is 0.222. The predicted octanol–water partition coefficient (Wildman–Crippen LogP) is 4.18. The van der Waals surface area contributed by atoms with E-state index in [1.165, 1.54) is 0 Å². The summed E-state index contributed by atoms with van der Waals surface area (Å²) in [6.45, 7) is 2.82. The maximum atomic E-state index is 12.1. The van der Waals surface area contributed by atoms with Crippen LogP contribution in [0, 0.1) is 0 Å². The number of nitrogens with zero attached hydrogens (tertiary/aromatic N) is 1. The summed E-state index contributed by atoms with van der Waals surface area (Å²) in [4.78, 5) is 25.2. The molecule has 3 rings (SSSR count). The van der Waals surface area contributed by atoms with Gasteiger partial charge < -0.3 is 15.4 Å². The van der Waals surface area contributed by atoms with E-state index in [2.05, 4.69) is 10.6 Å². The molecule has 130 valence electrons. The Morgan fingerprint density at radius 2 is 1.84 bits per heavy atom. The van der Waals surface area contributed by atoms with Gasteiger partial charge in [-0.05, 0) is 48.9 Å². The van der Waals surface area contributed by atoms with Gasteiger partial charge >= 0.3 is 12.1 Å². The Balaban J connectivity index is 1.57. The molecule has 6 nitrogen and oxygen atoms in total. The topological polar surface area (TPSA) is 70.7 Å². The lowest BCUT2D eigenvalue weighted by atomic mass is 10.1. The number of ether oxygens (including phenoxy) is 1. The quantitative estimate of drug-likeness (QED) is 0.860. The van der Waals surface area contributed by atoms with Crippen molar-refractivity contribution in [2.24, 2.45) is 0 Å². The maximum absolute atomic E-state index is 12.1. The SMILES string of the molecule is CC(NC(=O)Nc1ccc(N2CCOC2=O)cc1)c1ccc(Cl)cc1. The highest BCUT2D eigenvalue weighted by atomic mass is 35.5. The van der Waals surface area contributed by atoms with E-state index < -0.39 is 0 Å². The summed E-state index contributed by atoms with van der Waals surface area (Å²) < 4.78 is 4.91. The molecule has 1 aliphatic rings. The zero-order valence-electron chi connectivity index (χ0n) is 13.7. The molecule has 2 aromatic rings. The van der Waals surface area contributed by atoms with Crippen LogP contribution in [0.3, 0.4) is 0 Å². The number of amides is 3. The normalized spacial score (nSPS) is 14.8. The van der Waals surface area contributed by atoms with Crippen LogP contribution in [-0.2, 0) is 4.74 Å². The van der Waals surface area contributed by atoms with Gasteiger partial charge in [-0.3, -0.25) is 4.90 Å².